The number of carbonyl (C=O) groups excluding carboxylic acids is 2. The van der Waals surface area contributed by atoms with Gasteiger partial charge in [-0.1, -0.05) is 32.6 Å². The van der Waals surface area contributed by atoms with E-state index in [1.807, 2.05) is 0 Å². The van der Waals surface area contributed by atoms with Crippen molar-refractivity contribution in [3.63, 3.8) is 0 Å². The van der Waals surface area contributed by atoms with Gasteiger partial charge < -0.3 is 9.64 Å². The third-order valence-electron chi connectivity index (χ3n) is 5.32. The number of ether oxygens (including phenoxy) is 1. The molecule has 2 rings (SSSR count). The summed E-state index contributed by atoms with van der Waals surface area (Å²) in [6, 6.07) is 0.293. The largest absolute Gasteiger partial charge is 0.454 e. The number of hydrogen-bond acceptors (Lipinski definition) is 3. The van der Waals surface area contributed by atoms with Gasteiger partial charge in [0.15, 0.2) is 0 Å². The average molecular weight is 319 g/mol. The Kier molecular flexibility index (Phi) is 6.03. The standard InChI is InChI=1S/C19H29NO3/c1-5-14(17(6-2)23-19(22)13(3)4)15-9-7-8-12-20-16(15)10-11-18(20)21/h6,14-17H,2-3,5,7-12H2,1,4H3/t14-,15+,16-,17?/m0/s1. The SMILES string of the molecule is C=CC(OC(=O)C(=C)C)[C@@H](CC)[C@H]1CCCCN2C(=O)CC[C@@H]12. The van der Waals surface area contributed by atoms with E-state index in [1.54, 1.807) is 13.0 Å². The van der Waals surface area contributed by atoms with Crippen molar-refractivity contribution in [2.24, 2.45) is 11.8 Å². The van der Waals surface area contributed by atoms with Gasteiger partial charge in [0.2, 0.25) is 5.91 Å². The first kappa shape index (κ1) is 17.8. The van der Waals surface area contributed by atoms with Crippen LogP contribution in [0.25, 0.3) is 0 Å². The summed E-state index contributed by atoms with van der Waals surface area (Å²) >= 11 is 0. The van der Waals surface area contributed by atoms with Gasteiger partial charge in [-0.2, -0.15) is 0 Å². The number of esters is 1. The van der Waals surface area contributed by atoms with Crippen LogP contribution in [0, 0.1) is 11.8 Å². The van der Waals surface area contributed by atoms with Gasteiger partial charge in [-0.05, 0) is 38.5 Å². The van der Waals surface area contributed by atoms with E-state index in [2.05, 4.69) is 25.0 Å². The lowest BCUT2D eigenvalue weighted by molar-refractivity contribution is -0.146. The Hall–Kier alpha value is -1.58. The fourth-order valence-corrected chi connectivity index (χ4v) is 4.16. The van der Waals surface area contributed by atoms with E-state index in [0.29, 0.717) is 24.0 Å². The molecule has 0 N–H and O–H groups in total. The van der Waals surface area contributed by atoms with Crippen molar-refractivity contribution < 1.29 is 14.3 Å². The minimum Gasteiger partial charge on any atom is -0.454 e. The van der Waals surface area contributed by atoms with Crippen LogP contribution in [0.2, 0.25) is 0 Å². The van der Waals surface area contributed by atoms with Crippen LogP contribution in [0.1, 0.15) is 52.4 Å². The lowest BCUT2D eigenvalue weighted by Crippen LogP contribution is -2.43. The van der Waals surface area contributed by atoms with Gasteiger partial charge in [0.1, 0.15) is 6.10 Å². The lowest BCUT2D eigenvalue weighted by Gasteiger charge is -2.37. The molecule has 0 bridgehead atoms. The van der Waals surface area contributed by atoms with Crippen molar-refractivity contribution in [3.8, 4) is 0 Å². The van der Waals surface area contributed by atoms with E-state index in [4.69, 9.17) is 4.74 Å². The summed E-state index contributed by atoms with van der Waals surface area (Å²) in [5, 5.41) is 0. The summed E-state index contributed by atoms with van der Waals surface area (Å²) in [6.45, 7) is 12.2. The number of fused-ring (bicyclic) bond motifs is 1. The number of rotatable bonds is 6. The molecule has 2 heterocycles. The third-order valence-corrected chi connectivity index (χ3v) is 5.32. The molecule has 1 amide bonds. The first-order chi connectivity index (χ1) is 11.0. The Morgan fingerprint density at radius 2 is 2.17 bits per heavy atom. The molecular weight excluding hydrogens is 290 g/mol. The van der Waals surface area contributed by atoms with Crippen LogP contribution in [0.5, 0.6) is 0 Å². The maximum Gasteiger partial charge on any atom is 0.333 e. The highest BCUT2D eigenvalue weighted by Gasteiger charge is 2.42. The monoisotopic (exact) mass is 319 g/mol. The molecule has 0 aliphatic carbocycles. The molecule has 2 saturated heterocycles. The van der Waals surface area contributed by atoms with Crippen LogP contribution in [0.15, 0.2) is 24.8 Å². The molecule has 4 nitrogen and oxygen atoms in total. The highest BCUT2D eigenvalue weighted by Crippen LogP contribution is 2.39. The first-order valence-electron chi connectivity index (χ1n) is 8.78. The fourth-order valence-electron chi connectivity index (χ4n) is 4.16. The topological polar surface area (TPSA) is 46.6 Å². The molecule has 4 atom stereocenters. The highest BCUT2D eigenvalue weighted by molar-refractivity contribution is 5.87. The van der Waals surface area contributed by atoms with Crippen LogP contribution >= 0.6 is 0 Å². The Morgan fingerprint density at radius 3 is 2.78 bits per heavy atom. The summed E-state index contributed by atoms with van der Waals surface area (Å²) in [5.74, 6) is 0.495. The molecule has 2 aliphatic rings. The Labute approximate surface area is 139 Å². The molecular formula is C19H29NO3. The molecule has 0 aromatic rings. The van der Waals surface area contributed by atoms with Crippen molar-refractivity contribution in [3.05, 3.63) is 24.8 Å². The van der Waals surface area contributed by atoms with Crippen LogP contribution in [0.3, 0.4) is 0 Å². The van der Waals surface area contributed by atoms with Gasteiger partial charge in [-0.15, -0.1) is 0 Å². The van der Waals surface area contributed by atoms with Crippen LogP contribution < -0.4 is 0 Å². The van der Waals surface area contributed by atoms with E-state index in [-0.39, 0.29) is 23.9 Å². The number of hydrogen-bond donors (Lipinski definition) is 0. The van der Waals surface area contributed by atoms with Crippen molar-refractivity contribution in [2.45, 2.75) is 64.5 Å². The molecule has 1 unspecified atom stereocenters. The third kappa shape index (κ3) is 3.85. The predicted octanol–water partition coefficient (Wildman–Crippen LogP) is 3.48. The molecule has 0 radical (unpaired) electrons. The van der Waals surface area contributed by atoms with Gasteiger partial charge in [0.05, 0.1) is 0 Å². The summed E-state index contributed by atoms with van der Waals surface area (Å²) in [6.07, 6.45) is 7.19. The highest BCUT2D eigenvalue weighted by atomic mass is 16.5. The second-order valence-corrected chi connectivity index (χ2v) is 6.81. The molecule has 2 fully saturated rings. The molecule has 4 heteroatoms. The number of nitrogens with zero attached hydrogens (tertiary/aromatic N) is 1. The normalized spacial score (nSPS) is 26.9. The van der Waals surface area contributed by atoms with Gasteiger partial charge in [0.25, 0.3) is 0 Å². The van der Waals surface area contributed by atoms with Gasteiger partial charge in [-0.3, -0.25) is 4.79 Å². The van der Waals surface area contributed by atoms with Crippen LogP contribution in [-0.4, -0.2) is 35.5 Å². The summed E-state index contributed by atoms with van der Waals surface area (Å²) in [5.41, 5.74) is 0.408. The molecule has 23 heavy (non-hydrogen) atoms. The Morgan fingerprint density at radius 1 is 1.43 bits per heavy atom. The zero-order valence-electron chi connectivity index (χ0n) is 14.4. The van der Waals surface area contributed by atoms with E-state index in [9.17, 15) is 9.59 Å². The molecule has 0 spiro atoms. The maximum atomic E-state index is 12.1. The van der Waals surface area contributed by atoms with Gasteiger partial charge in [0, 0.05) is 30.5 Å². The summed E-state index contributed by atoms with van der Waals surface area (Å²) in [4.78, 5) is 26.1. The quantitative estimate of drug-likeness (QED) is 0.428. The minimum absolute atomic E-state index is 0.201. The summed E-state index contributed by atoms with van der Waals surface area (Å²) < 4.78 is 5.62. The van der Waals surface area contributed by atoms with Crippen molar-refractivity contribution in [1.29, 1.82) is 0 Å². The van der Waals surface area contributed by atoms with Gasteiger partial charge in [-0.25, -0.2) is 4.79 Å². The zero-order chi connectivity index (χ0) is 17.0. The van der Waals surface area contributed by atoms with E-state index < -0.39 is 0 Å². The van der Waals surface area contributed by atoms with Crippen molar-refractivity contribution in [2.75, 3.05) is 6.54 Å². The maximum absolute atomic E-state index is 12.1. The van der Waals surface area contributed by atoms with E-state index in [0.717, 1.165) is 38.6 Å². The Bertz CT molecular complexity index is 485. The molecule has 0 aromatic heterocycles. The second kappa shape index (κ2) is 7.80. The molecule has 0 aromatic carbocycles. The molecule has 2 aliphatic heterocycles. The smallest absolute Gasteiger partial charge is 0.333 e. The van der Waals surface area contributed by atoms with Crippen LogP contribution in [-0.2, 0) is 14.3 Å². The number of carbonyl (C=O) groups is 2. The number of amides is 1. The summed E-state index contributed by atoms with van der Waals surface area (Å²) in [7, 11) is 0. The predicted molar refractivity (Wildman–Crippen MR) is 90.7 cm³/mol. The molecule has 0 saturated carbocycles. The average Bonchev–Trinajstić information content (AvgIpc) is 2.76. The van der Waals surface area contributed by atoms with Crippen molar-refractivity contribution >= 4 is 11.9 Å². The van der Waals surface area contributed by atoms with E-state index >= 15 is 0 Å². The fraction of sp³-hybridized carbons (Fsp3) is 0.684. The second-order valence-electron chi connectivity index (χ2n) is 6.81. The molecule has 128 valence electrons. The van der Waals surface area contributed by atoms with Crippen molar-refractivity contribution in [1.82, 2.24) is 4.90 Å². The van der Waals surface area contributed by atoms with Crippen LogP contribution in [0.4, 0.5) is 0 Å². The first-order valence-corrected chi connectivity index (χ1v) is 8.78. The van der Waals surface area contributed by atoms with Gasteiger partial charge >= 0.3 is 5.97 Å². The lowest BCUT2D eigenvalue weighted by atomic mass is 9.77. The minimum atomic E-state index is -0.360. The van der Waals surface area contributed by atoms with E-state index in [1.165, 1.54) is 0 Å². The zero-order valence-corrected chi connectivity index (χ0v) is 14.4. The Balaban J connectivity index is 2.19.